The Morgan fingerprint density at radius 3 is 2.33 bits per heavy atom. The van der Waals surface area contributed by atoms with Crippen molar-refractivity contribution in [1.82, 2.24) is 0 Å². The lowest BCUT2D eigenvalue weighted by atomic mass is 10.2. The van der Waals surface area contributed by atoms with Gasteiger partial charge in [-0.2, -0.15) is 0 Å². The van der Waals surface area contributed by atoms with Crippen LogP contribution in [0, 0.1) is 0 Å². The molecule has 1 rings (SSSR count). The van der Waals surface area contributed by atoms with Gasteiger partial charge in [-0.25, -0.2) is 8.42 Å². The van der Waals surface area contributed by atoms with Gasteiger partial charge in [0.1, 0.15) is 6.29 Å². The number of rotatable bonds is 3. The van der Waals surface area contributed by atoms with Crippen molar-refractivity contribution in [3.05, 3.63) is 28.2 Å². The highest BCUT2D eigenvalue weighted by atomic mass is 79.9. The summed E-state index contributed by atoms with van der Waals surface area (Å²) in [5.41, 5.74) is 0.449. The molecule has 0 bridgehead atoms. The molecule has 0 amide bonds. The molecule has 5 heteroatoms. The molecule has 0 atom stereocenters. The second kappa shape index (κ2) is 4.45. The van der Waals surface area contributed by atoms with Gasteiger partial charge in [0.25, 0.3) is 0 Å². The SMILES string of the molecule is CC(C)S(=O)(=O)c1ccc(C=O)cc1Br. The first-order valence-corrected chi connectivity index (χ1v) is 6.72. The minimum absolute atomic E-state index is 0.225. The van der Waals surface area contributed by atoms with Crippen molar-refractivity contribution in [2.24, 2.45) is 0 Å². The van der Waals surface area contributed by atoms with Crippen LogP contribution in [0.4, 0.5) is 0 Å². The van der Waals surface area contributed by atoms with Crippen molar-refractivity contribution < 1.29 is 13.2 Å². The van der Waals surface area contributed by atoms with Crippen LogP contribution >= 0.6 is 15.9 Å². The number of benzene rings is 1. The zero-order valence-electron chi connectivity index (χ0n) is 8.40. The second-order valence-corrected chi connectivity index (χ2v) is 6.73. The van der Waals surface area contributed by atoms with Gasteiger partial charge < -0.3 is 0 Å². The summed E-state index contributed by atoms with van der Waals surface area (Å²) in [7, 11) is -3.30. The molecule has 0 saturated carbocycles. The second-order valence-electron chi connectivity index (χ2n) is 3.40. The summed E-state index contributed by atoms with van der Waals surface area (Å²) in [5, 5.41) is -0.476. The average molecular weight is 291 g/mol. The molecule has 0 spiro atoms. The molecular weight excluding hydrogens is 280 g/mol. The first kappa shape index (κ1) is 12.4. The highest BCUT2D eigenvalue weighted by Crippen LogP contribution is 2.25. The molecule has 0 aliphatic carbocycles. The maximum Gasteiger partial charge on any atom is 0.181 e. The van der Waals surface area contributed by atoms with Gasteiger partial charge in [0, 0.05) is 10.0 Å². The molecule has 15 heavy (non-hydrogen) atoms. The van der Waals surface area contributed by atoms with E-state index in [2.05, 4.69) is 15.9 Å². The molecular formula is C10H11BrO3S. The Morgan fingerprint density at radius 2 is 1.93 bits per heavy atom. The van der Waals surface area contributed by atoms with Gasteiger partial charge in [-0.15, -0.1) is 0 Å². The minimum Gasteiger partial charge on any atom is -0.298 e. The molecule has 0 aromatic heterocycles. The zero-order valence-corrected chi connectivity index (χ0v) is 10.8. The summed E-state index contributed by atoms with van der Waals surface area (Å²) in [6.45, 7) is 3.24. The van der Waals surface area contributed by atoms with E-state index in [1.165, 1.54) is 18.2 Å². The first-order chi connectivity index (χ1) is 6.89. The van der Waals surface area contributed by atoms with E-state index in [0.717, 1.165) is 0 Å². The topological polar surface area (TPSA) is 51.2 Å². The molecule has 1 aromatic carbocycles. The van der Waals surface area contributed by atoms with Gasteiger partial charge in [-0.1, -0.05) is 6.07 Å². The molecule has 0 saturated heterocycles. The van der Waals surface area contributed by atoms with Crippen LogP contribution in [0.1, 0.15) is 24.2 Å². The molecule has 0 fully saturated rings. The third-order valence-corrected chi connectivity index (χ3v) is 5.15. The highest BCUT2D eigenvalue weighted by molar-refractivity contribution is 9.10. The smallest absolute Gasteiger partial charge is 0.181 e. The van der Waals surface area contributed by atoms with Crippen molar-refractivity contribution in [1.29, 1.82) is 0 Å². The Labute approximate surface area is 97.5 Å². The lowest BCUT2D eigenvalue weighted by Crippen LogP contribution is -2.14. The molecule has 0 aliphatic heterocycles. The minimum atomic E-state index is -3.30. The molecule has 3 nitrogen and oxygen atoms in total. The maximum atomic E-state index is 11.8. The van der Waals surface area contributed by atoms with Crippen LogP contribution in [0.2, 0.25) is 0 Å². The third-order valence-electron chi connectivity index (χ3n) is 2.02. The monoisotopic (exact) mass is 290 g/mol. The van der Waals surface area contributed by atoms with Gasteiger partial charge in [-0.3, -0.25) is 4.79 Å². The van der Waals surface area contributed by atoms with E-state index in [1.54, 1.807) is 13.8 Å². The van der Waals surface area contributed by atoms with Gasteiger partial charge in [-0.05, 0) is 41.9 Å². The Kier molecular flexibility index (Phi) is 3.67. The first-order valence-electron chi connectivity index (χ1n) is 4.38. The van der Waals surface area contributed by atoms with Crippen molar-refractivity contribution in [2.75, 3.05) is 0 Å². The number of carbonyl (C=O) groups is 1. The van der Waals surface area contributed by atoms with Crippen LogP contribution in [0.3, 0.4) is 0 Å². The average Bonchev–Trinajstić information content (AvgIpc) is 2.16. The Balaban J connectivity index is 3.35. The van der Waals surface area contributed by atoms with Crippen LogP contribution in [-0.4, -0.2) is 20.0 Å². The van der Waals surface area contributed by atoms with Crippen LogP contribution < -0.4 is 0 Å². The lowest BCUT2D eigenvalue weighted by molar-refractivity contribution is 0.112. The molecule has 0 radical (unpaired) electrons. The standard InChI is InChI=1S/C10H11BrO3S/c1-7(2)15(13,14)10-4-3-8(6-12)5-9(10)11/h3-7H,1-2H3. The predicted molar refractivity (Wildman–Crippen MR) is 61.9 cm³/mol. The summed E-state index contributed by atoms with van der Waals surface area (Å²) in [6, 6.07) is 4.44. The van der Waals surface area contributed by atoms with Crippen LogP contribution in [0.15, 0.2) is 27.6 Å². The Hall–Kier alpha value is -0.680. The molecule has 0 aliphatic rings. The summed E-state index contributed by atoms with van der Waals surface area (Å²) >= 11 is 3.15. The third kappa shape index (κ3) is 2.46. The summed E-state index contributed by atoms with van der Waals surface area (Å²) in [6.07, 6.45) is 0.677. The van der Waals surface area contributed by atoms with Crippen LogP contribution in [0.5, 0.6) is 0 Å². The highest BCUT2D eigenvalue weighted by Gasteiger charge is 2.21. The van der Waals surface area contributed by atoms with Gasteiger partial charge in [0.2, 0.25) is 0 Å². The van der Waals surface area contributed by atoms with E-state index >= 15 is 0 Å². The normalized spacial score (nSPS) is 11.7. The fraction of sp³-hybridized carbons (Fsp3) is 0.300. The van der Waals surface area contributed by atoms with Crippen molar-refractivity contribution in [3.8, 4) is 0 Å². The number of hydrogen-bond acceptors (Lipinski definition) is 3. The molecule has 0 heterocycles. The Morgan fingerprint density at radius 1 is 1.33 bits per heavy atom. The summed E-state index contributed by atoms with van der Waals surface area (Å²) < 4.78 is 24.1. The quantitative estimate of drug-likeness (QED) is 0.804. The van der Waals surface area contributed by atoms with E-state index in [0.29, 0.717) is 16.3 Å². The van der Waals surface area contributed by atoms with Crippen LogP contribution in [-0.2, 0) is 9.84 Å². The largest absolute Gasteiger partial charge is 0.298 e. The molecule has 82 valence electrons. The zero-order chi connectivity index (χ0) is 11.6. The summed E-state index contributed by atoms with van der Waals surface area (Å²) in [4.78, 5) is 10.7. The van der Waals surface area contributed by atoms with Gasteiger partial charge in [0.15, 0.2) is 9.84 Å². The maximum absolute atomic E-state index is 11.8. The number of hydrogen-bond donors (Lipinski definition) is 0. The van der Waals surface area contributed by atoms with E-state index in [4.69, 9.17) is 0 Å². The lowest BCUT2D eigenvalue weighted by Gasteiger charge is -2.09. The number of sulfone groups is 1. The van der Waals surface area contributed by atoms with E-state index < -0.39 is 15.1 Å². The number of aldehydes is 1. The van der Waals surface area contributed by atoms with Gasteiger partial charge in [0.05, 0.1) is 10.1 Å². The van der Waals surface area contributed by atoms with E-state index in [9.17, 15) is 13.2 Å². The predicted octanol–water partition coefficient (Wildman–Crippen LogP) is 2.44. The Bertz CT molecular complexity index is 477. The van der Waals surface area contributed by atoms with Crippen molar-refractivity contribution in [2.45, 2.75) is 24.0 Å². The van der Waals surface area contributed by atoms with Crippen molar-refractivity contribution in [3.63, 3.8) is 0 Å². The summed E-state index contributed by atoms with van der Waals surface area (Å²) in [5.74, 6) is 0. The molecule has 0 N–H and O–H groups in total. The van der Waals surface area contributed by atoms with Crippen LogP contribution in [0.25, 0.3) is 0 Å². The van der Waals surface area contributed by atoms with E-state index in [1.807, 2.05) is 0 Å². The number of halogens is 1. The van der Waals surface area contributed by atoms with Crippen molar-refractivity contribution >= 4 is 32.1 Å². The fourth-order valence-corrected chi connectivity index (χ4v) is 3.24. The fourth-order valence-electron chi connectivity index (χ4n) is 1.08. The molecule has 0 unspecified atom stereocenters. The molecule has 1 aromatic rings. The van der Waals surface area contributed by atoms with E-state index in [-0.39, 0.29) is 4.90 Å². The van der Waals surface area contributed by atoms with Gasteiger partial charge >= 0.3 is 0 Å². The number of carbonyl (C=O) groups excluding carboxylic acids is 1.